The summed E-state index contributed by atoms with van der Waals surface area (Å²) in [5, 5.41) is 21.3. The van der Waals surface area contributed by atoms with Gasteiger partial charge in [0.15, 0.2) is 11.5 Å². The van der Waals surface area contributed by atoms with Gasteiger partial charge in [-0.3, -0.25) is 14.5 Å². The van der Waals surface area contributed by atoms with E-state index in [1.54, 1.807) is 36.4 Å². The maximum Gasteiger partial charge on any atom is 0.300 e. The Labute approximate surface area is 216 Å². The number of phenolic OH excluding ortho intramolecular Hbond substituents is 1. The van der Waals surface area contributed by atoms with Gasteiger partial charge in [0, 0.05) is 0 Å². The fourth-order valence-electron chi connectivity index (χ4n) is 4.17. The van der Waals surface area contributed by atoms with Crippen LogP contribution in [0.15, 0.2) is 60.2 Å². The van der Waals surface area contributed by atoms with Gasteiger partial charge >= 0.3 is 0 Å². The Morgan fingerprint density at radius 3 is 2.17 bits per heavy atom. The first-order chi connectivity index (χ1) is 17.2. The molecule has 1 amide bonds. The number of carbonyl (C=O) groups excluding carboxylic acids is 2. The molecule has 3 aromatic carbocycles. The molecule has 8 nitrogen and oxygen atoms in total. The topological polar surface area (TPSA) is 106 Å². The first-order valence-electron chi connectivity index (χ1n) is 10.6. The number of nitrogens with zero attached hydrogens (tertiary/aromatic N) is 1. The highest BCUT2D eigenvalue weighted by Gasteiger charge is 2.48. The van der Waals surface area contributed by atoms with Crippen LogP contribution in [0, 0.1) is 0 Å². The van der Waals surface area contributed by atoms with E-state index in [0.29, 0.717) is 17.0 Å². The standard InChI is InChI=1S/C26H21Cl2NO7/c1-34-18-7-5-4-6-17(18)29-21(13-8-10-14(30)11-9-13)19(23(32)26(29)33)22(31)15-12-16(27)25(36-3)20(28)24(15)35-2/h4-12,21,30-31H,1-3H3/b22-19+. The van der Waals surface area contributed by atoms with Crippen molar-refractivity contribution >= 4 is 46.3 Å². The molecule has 3 aromatic rings. The van der Waals surface area contributed by atoms with E-state index in [0.717, 1.165) is 0 Å². The quantitative estimate of drug-likeness (QED) is 0.252. The molecule has 2 N–H and O–H groups in total. The fraction of sp³-hybridized carbons (Fsp3) is 0.154. The minimum Gasteiger partial charge on any atom is -0.508 e. The number of amides is 1. The molecule has 1 aliphatic rings. The van der Waals surface area contributed by atoms with Gasteiger partial charge < -0.3 is 24.4 Å². The molecular formula is C26H21Cl2NO7. The number of benzene rings is 3. The number of aromatic hydroxyl groups is 1. The molecule has 1 unspecified atom stereocenters. The Balaban J connectivity index is 2.04. The van der Waals surface area contributed by atoms with Crippen molar-refractivity contribution in [3.63, 3.8) is 0 Å². The number of carbonyl (C=O) groups is 2. The number of Topliss-reactive ketones (excluding diaryl/α,β-unsaturated/α-hetero) is 1. The molecule has 4 rings (SSSR count). The summed E-state index contributed by atoms with van der Waals surface area (Å²) < 4.78 is 16.0. The van der Waals surface area contributed by atoms with Crippen molar-refractivity contribution in [1.29, 1.82) is 0 Å². The van der Waals surface area contributed by atoms with E-state index >= 15 is 0 Å². The number of rotatable bonds is 6. The van der Waals surface area contributed by atoms with Gasteiger partial charge in [-0.1, -0.05) is 47.5 Å². The van der Waals surface area contributed by atoms with E-state index in [4.69, 9.17) is 37.4 Å². The summed E-state index contributed by atoms with van der Waals surface area (Å²) >= 11 is 12.7. The fourth-order valence-corrected chi connectivity index (χ4v) is 4.86. The molecule has 0 spiro atoms. The molecule has 1 saturated heterocycles. The van der Waals surface area contributed by atoms with Crippen LogP contribution in [0.4, 0.5) is 5.69 Å². The number of ketones is 1. The smallest absolute Gasteiger partial charge is 0.300 e. The summed E-state index contributed by atoms with van der Waals surface area (Å²) in [7, 11) is 4.14. The van der Waals surface area contributed by atoms with Crippen LogP contribution < -0.4 is 19.1 Å². The minimum atomic E-state index is -1.08. The molecule has 10 heteroatoms. The van der Waals surface area contributed by atoms with E-state index in [1.807, 2.05) is 0 Å². The third-order valence-electron chi connectivity index (χ3n) is 5.79. The Morgan fingerprint density at radius 1 is 0.917 bits per heavy atom. The zero-order valence-corrected chi connectivity index (χ0v) is 20.9. The van der Waals surface area contributed by atoms with Crippen LogP contribution >= 0.6 is 23.2 Å². The molecule has 0 radical (unpaired) electrons. The van der Waals surface area contributed by atoms with Gasteiger partial charge in [-0.2, -0.15) is 0 Å². The average molecular weight is 530 g/mol. The van der Waals surface area contributed by atoms with Crippen molar-refractivity contribution in [1.82, 2.24) is 0 Å². The Kier molecular flexibility index (Phi) is 7.01. The predicted octanol–water partition coefficient (Wildman–Crippen LogP) is 5.35. The van der Waals surface area contributed by atoms with Crippen LogP contribution in [0.5, 0.6) is 23.0 Å². The lowest BCUT2D eigenvalue weighted by atomic mass is 9.94. The number of phenols is 1. The van der Waals surface area contributed by atoms with E-state index < -0.39 is 23.5 Å². The SMILES string of the molecule is COc1ccccc1N1C(=O)C(=O)/C(=C(/O)c2cc(Cl)c(OC)c(Cl)c2OC)C1c1ccc(O)cc1. The molecule has 36 heavy (non-hydrogen) atoms. The third kappa shape index (κ3) is 4.08. The van der Waals surface area contributed by atoms with Crippen molar-refractivity contribution < 1.29 is 34.0 Å². The normalized spacial score (nSPS) is 16.8. The summed E-state index contributed by atoms with van der Waals surface area (Å²) in [6.45, 7) is 0. The molecule has 0 bridgehead atoms. The molecule has 0 aliphatic carbocycles. The lowest BCUT2D eigenvalue weighted by Crippen LogP contribution is -2.29. The summed E-state index contributed by atoms with van der Waals surface area (Å²) in [6, 6.07) is 12.9. The zero-order chi connectivity index (χ0) is 26.1. The van der Waals surface area contributed by atoms with Gasteiger partial charge in [0.05, 0.1) is 49.2 Å². The van der Waals surface area contributed by atoms with Gasteiger partial charge in [-0.05, 0) is 35.9 Å². The second-order valence-corrected chi connectivity index (χ2v) is 8.50. The highest BCUT2D eigenvalue weighted by atomic mass is 35.5. The third-order valence-corrected chi connectivity index (χ3v) is 6.42. The largest absolute Gasteiger partial charge is 0.508 e. The van der Waals surface area contributed by atoms with Gasteiger partial charge in [-0.25, -0.2) is 0 Å². The van der Waals surface area contributed by atoms with E-state index in [2.05, 4.69) is 0 Å². The summed E-state index contributed by atoms with van der Waals surface area (Å²) in [4.78, 5) is 28.0. The van der Waals surface area contributed by atoms with Gasteiger partial charge in [0.1, 0.15) is 22.3 Å². The molecule has 186 valence electrons. The number of ether oxygens (including phenoxy) is 3. The van der Waals surface area contributed by atoms with Crippen LogP contribution in [0.2, 0.25) is 10.0 Å². The van der Waals surface area contributed by atoms with Crippen LogP contribution in [0.3, 0.4) is 0 Å². The van der Waals surface area contributed by atoms with Gasteiger partial charge in [0.2, 0.25) is 0 Å². The molecule has 0 aromatic heterocycles. The number of para-hydroxylation sites is 2. The molecule has 1 fully saturated rings. The number of anilines is 1. The number of hydrogen-bond acceptors (Lipinski definition) is 7. The number of hydrogen-bond donors (Lipinski definition) is 2. The van der Waals surface area contributed by atoms with Crippen molar-refractivity contribution in [3.8, 4) is 23.0 Å². The maximum absolute atomic E-state index is 13.4. The van der Waals surface area contributed by atoms with Crippen molar-refractivity contribution in [3.05, 3.63) is 81.3 Å². The monoisotopic (exact) mass is 529 g/mol. The highest BCUT2D eigenvalue weighted by Crippen LogP contribution is 2.49. The highest BCUT2D eigenvalue weighted by molar-refractivity contribution is 6.52. The number of aliphatic hydroxyl groups excluding tert-OH is 1. The molecule has 1 heterocycles. The Bertz CT molecular complexity index is 1390. The minimum absolute atomic E-state index is 0.00311. The number of aliphatic hydroxyl groups is 1. The van der Waals surface area contributed by atoms with Gasteiger partial charge in [-0.15, -0.1) is 0 Å². The predicted molar refractivity (Wildman–Crippen MR) is 135 cm³/mol. The van der Waals surface area contributed by atoms with Crippen LogP contribution in [0.1, 0.15) is 17.2 Å². The van der Waals surface area contributed by atoms with E-state index in [9.17, 15) is 19.8 Å². The van der Waals surface area contributed by atoms with Crippen molar-refractivity contribution in [2.24, 2.45) is 0 Å². The molecule has 0 saturated carbocycles. The van der Waals surface area contributed by atoms with Crippen molar-refractivity contribution in [2.75, 3.05) is 26.2 Å². The van der Waals surface area contributed by atoms with Crippen LogP contribution in [-0.2, 0) is 9.59 Å². The first-order valence-corrected chi connectivity index (χ1v) is 11.3. The first kappa shape index (κ1) is 25.2. The zero-order valence-electron chi connectivity index (χ0n) is 19.4. The van der Waals surface area contributed by atoms with E-state index in [-0.39, 0.29) is 38.4 Å². The second kappa shape index (κ2) is 10.0. The van der Waals surface area contributed by atoms with E-state index in [1.165, 1.54) is 44.4 Å². The molecular weight excluding hydrogens is 509 g/mol. The molecule has 1 atom stereocenters. The Morgan fingerprint density at radius 2 is 1.56 bits per heavy atom. The lowest BCUT2D eigenvalue weighted by Gasteiger charge is -2.27. The summed E-state index contributed by atoms with van der Waals surface area (Å²) in [6.07, 6.45) is 0. The summed E-state index contributed by atoms with van der Waals surface area (Å²) in [5.74, 6) is -1.92. The maximum atomic E-state index is 13.4. The number of halogens is 2. The van der Waals surface area contributed by atoms with Crippen LogP contribution in [0.25, 0.3) is 5.76 Å². The average Bonchev–Trinajstić information content (AvgIpc) is 3.14. The Hall–Kier alpha value is -3.88. The van der Waals surface area contributed by atoms with Crippen molar-refractivity contribution in [2.45, 2.75) is 6.04 Å². The van der Waals surface area contributed by atoms with Gasteiger partial charge in [0.25, 0.3) is 11.7 Å². The molecule has 1 aliphatic heterocycles. The lowest BCUT2D eigenvalue weighted by molar-refractivity contribution is -0.132. The summed E-state index contributed by atoms with van der Waals surface area (Å²) in [5.41, 5.74) is 0.531. The number of methoxy groups -OCH3 is 3. The second-order valence-electron chi connectivity index (χ2n) is 7.72. The van der Waals surface area contributed by atoms with Crippen LogP contribution in [-0.4, -0.2) is 43.2 Å².